The van der Waals surface area contributed by atoms with Crippen molar-refractivity contribution in [1.29, 1.82) is 0 Å². The number of aliphatic hydroxyl groups is 1. The van der Waals surface area contributed by atoms with E-state index >= 15 is 0 Å². The highest BCUT2D eigenvalue weighted by Crippen LogP contribution is 2.46. The van der Waals surface area contributed by atoms with Crippen LogP contribution in [0.25, 0.3) is 0 Å². The van der Waals surface area contributed by atoms with Gasteiger partial charge in [0.25, 0.3) is 0 Å². The summed E-state index contributed by atoms with van der Waals surface area (Å²) in [6.07, 6.45) is 1.68. The average Bonchev–Trinajstić information content (AvgIpc) is 2.45. The van der Waals surface area contributed by atoms with Gasteiger partial charge in [-0.3, -0.25) is 0 Å². The Morgan fingerprint density at radius 1 is 1.20 bits per heavy atom. The Bertz CT molecular complexity index is 432. The molecule has 0 heterocycles. The second-order valence-electron chi connectivity index (χ2n) is 5.23. The smallest absolute Gasteiger partial charge is 0.161 e. The number of hydrogen-bond acceptors (Lipinski definition) is 4. The van der Waals surface area contributed by atoms with E-state index in [1.165, 1.54) is 5.56 Å². The summed E-state index contributed by atoms with van der Waals surface area (Å²) in [6, 6.07) is 6.05. The lowest BCUT2D eigenvalue weighted by Gasteiger charge is -2.41. The highest BCUT2D eigenvalue weighted by Gasteiger charge is 2.39. The molecule has 0 spiro atoms. The van der Waals surface area contributed by atoms with Crippen molar-refractivity contribution in [3.8, 4) is 11.5 Å². The van der Waals surface area contributed by atoms with E-state index < -0.39 is 0 Å². The minimum Gasteiger partial charge on any atom is -0.493 e. The Kier molecular flexibility index (Phi) is 5.26. The zero-order valence-electron chi connectivity index (χ0n) is 12.5. The summed E-state index contributed by atoms with van der Waals surface area (Å²) >= 11 is 0. The van der Waals surface area contributed by atoms with E-state index in [1.807, 2.05) is 12.1 Å². The predicted molar refractivity (Wildman–Crippen MR) is 77.5 cm³/mol. The molecule has 1 aliphatic rings. The quantitative estimate of drug-likeness (QED) is 0.780. The molecule has 0 aliphatic heterocycles. The van der Waals surface area contributed by atoms with Gasteiger partial charge in [-0.05, 0) is 36.0 Å². The second-order valence-corrected chi connectivity index (χ2v) is 5.23. The van der Waals surface area contributed by atoms with Crippen molar-refractivity contribution in [1.82, 2.24) is 0 Å². The first-order chi connectivity index (χ1) is 9.71. The summed E-state index contributed by atoms with van der Waals surface area (Å²) in [5.74, 6) is 2.27. The Morgan fingerprint density at radius 3 is 2.60 bits per heavy atom. The van der Waals surface area contributed by atoms with E-state index in [0.717, 1.165) is 24.3 Å². The standard InChI is InChI=1S/C16H24O4/c1-4-12-13(10-14(12)17)11-5-6-15(16(9-11)19-3)20-8-7-18-2/h5-6,9,12-14,17H,4,7-8,10H2,1-3H3. The average molecular weight is 280 g/mol. The molecular weight excluding hydrogens is 256 g/mol. The molecular formula is C16H24O4. The van der Waals surface area contributed by atoms with Gasteiger partial charge in [0, 0.05) is 7.11 Å². The van der Waals surface area contributed by atoms with Crippen LogP contribution in [0.4, 0.5) is 0 Å². The lowest BCUT2D eigenvalue weighted by molar-refractivity contribution is -0.000807. The summed E-state index contributed by atoms with van der Waals surface area (Å²) in [5.41, 5.74) is 1.22. The number of aliphatic hydroxyl groups excluding tert-OH is 1. The normalized spacial score (nSPS) is 25.1. The fourth-order valence-corrected chi connectivity index (χ4v) is 2.89. The van der Waals surface area contributed by atoms with Crippen LogP contribution < -0.4 is 9.47 Å². The second kappa shape index (κ2) is 6.95. The summed E-state index contributed by atoms with van der Waals surface area (Å²) in [6.45, 7) is 3.18. The van der Waals surface area contributed by atoms with Crippen molar-refractivity contribution in [2.24, 2.45) is 5.92 Å². The van der Waals surface area contributed by atoms with Gasteiger partial charge in [0.1, 0.15) is 6.61 Å². The molecule has 0 saturated heterocycles. The third-order valence-corrected chi connectivity index (χ3v) is 4.14. The van der Waals surface area contributed by atoms with Gasteiger partial charge >= 0.3 is 0 Å². The molecule has 3 unspecified atom stereocenters. The van der Waals surface area contributed by atoms with Crippen molar-refractivity contribution in [2.75, 3.05) is 27.4 Å². The van der Waals surface area contributed by atoms with Crippen LogP contribution >= 0.6 is 0 Å². The van der Waals surface area contributed by atoms with Crippen molar-refractivity contribution in [2.45, 2.75) is 31.8 Å². The molecule has 112 valence electrons. The minimum atomic E-state index is -0.159. The molecule has 0 radical (unpaired) electrons. The van der Waals surface area contributed by atoms with Crippen molar-refractivity contribution in [3.05, 3.63) is 23.8 Å². The molecule has 1 fully saturated rings. The molecule has 0 aromatic heterocycles. The van der Waals surface area contributed by atoms with Crippen molar-refractivity contribution >= 4 is 0 Å². The fraction of sp³-hybridized carbons (Fsp3) is 0.625. The zero-order chi connectivity index (χ0) is 14.5. The van der Waals surface area contributed by atoms with Gasteiger partial charge in [-0.2, -0.15) is 0 Å². The predicted octanol–water partition coefficient (Wildman–Crippen LogP) is 2.59. The van der Waals surface area contributed by atoms with Crippen LogP contribution in [0, 0.1) is 5.92 Å². The van der Waals surface area contributed by atoms with Gasteiger partial charge in [0.15, 0.2) is 11.5 Å². The molecule has 1 aromatic carbocycles. The summed E-state index contributed by atoms with van der Waals surface area (Å²) in [7, 11) is 3.30. The van der Waals surface area contributed by atoms with Gasteiger partial charge < -0.3 is 19.3 Å². The summed E-state index contributed by atoms with van der Waals surface area (Å²) in [5, 5.41) is 9.79. The van der Waals surface area contributed by atoms with Crippen molar-refractivity contribution < 1.29 is 19.3 Å². The van der Waals surface area contributed by atoms with Gasteiger partial charge in [0.05, 0.1) is 19.8 Å². The molecule has 1 aromatic rings. The Hall–Kier alpha value is -1.26. The van der Waals surface area contributed by atoms with E-state index in [-0.39, 0.29) is 6.10 Å². The van der Waals surface area contributed by atoms with E-state index in [1.54, 1.807) is 14.2 Å². The summed E-state index contributed by atoms with van der Waals surface area (Å²) in [4.78, 5) is 0. The van der Waals surface area contributed by atoms with Crippen molar-refractivity contribution in [3.63, 3.8) is 0 Å². The number of benzene rings is 1. The van der Waals surface area contributed by atoms with Gasteiger partial charge in [0.2, 0.25) is 0 Å². The molecule has 4 nitrogen and oxygen atoms in total. The summed E-state index contributed by atoms with van der Waals surface area (Å²) < 4.78 is 16.0. The SMILES string of the molecule is CCC1C(O)CC1c1ccc(OCCOC)c(OC)c1. The third kappa shape index (κ3) is 3.07. The van der Waals surface area contributed by atoms with E-state index in [2.05, 4.69) is 13.0 Å². The van der Waals surface area contributed by atoms with E-state index in [9.17, 15) is 5.11 Å². The number of ether oxygens (including phenoxy) is 3. The monoisotopic (exact) mass is 280 g/mol. The molecule has 20 heavy (non-hydrogen) atoms. The van der Waals surface area contributed by atoms with Gasteiger partial charge in [-0.25, -0.2) is 0 Å². The number of hydrogen-bond donors (Lipinski definition) is 1. The van der Waals surface area contributed by atoms with Crippen LogP contribution in [0.1, 0.15) is 31.2 Å². The van der Waals surface area contributed by atoms with Gasteiger partial charge in [-0.15, -0.1) is 0 Å². The highest BCUT2D eigenvalue weighted by atomic mass is 16.5. The van der Waals surface area contributed by atoms with E-state index in [4.69, 9.17) is 14.2 Å². The zero-order valence-corrected chi connectivity index (χ0v) is 12.5. The van der Waals surface area contributed by atoms with Crippen LogP contribution in [0.5, 0.6) is 11.5 Å². The molecule has 1 saturated carbocycles. The Labute approximate surface area is 120 Å². The maximum atomic E-state index is 9.79. The third-order valence-electron chi connectivity index (χ3n) is 4.14. The Balaban J connectivity index is 2.09. The number of methoxy groups -OCH3 is 2. The van der Waals surface area contributed by atoms with Gasteiger partial charge in [-0.1, -0.05) is 19.4 Å². The number of rotatable bonds is 7. The molecule has 1 aliphatic carbocycles. The molecule has 1 N–H and O–H groups in total. The maximum Gasteiger partial charge on any atom is 0.161 e. The molecule has 2 rings (SSSR count). The van der Waals surface area contributed by atoms with Crippen LogP contribution in [-0.2, 0) is 4.74 Å². The first-order valence-electron chi connectivity index (χ1n) is 7.19. The van der Waals surface area contributed by atoms with Crippen LogP contribution in [0.15, 0.2) is 18.2 Å². The first kappa shape index (κ1) is 15.1. The lowest BCUT2D eigenvalue weighted by atomic mass is 9.66. The van der Waals surface area contributed by atoms with E-state index in [0.29, 0.717) is 25.0 Å². The first-order valence-corrected chi connectivity index (χ1v) is 7.19. The largest absolute Gasteiger partial charge is 0.493 e. The van der Waals surface area contributed by atoms with Crippen LogP contribution in [0.2, 0.25) is 0 Å². The lowest BCUT2D eigenvalue weighted by Crippen LogP contribution is -2.39. The minimum absolute atomic E-state index is 0.159. The Morgan fingerprint density at radius 2 is 2.00 bits per heavy atom. The molecule has 0 amide bonds. The van der Waals surface area contributed by atoms with Crippen LogP contribution in [0.3, 0.4) is 0 Å². The molecule has 0 bridgehead atoms. The maximum absolute atomic E-state index is 9.79. The van der Waals surface area contributed by atoms with Crippen LogP contribution in [-0.4, -0.2) is 38.6 Å². The molecule has 3 atom stereocenters. The molecule has 4 heteroatoms. The topological polar surface area (TPSA) is 47.9 Å². The highest BCUT2D eigenvalue weighted by molar-refractivity contribution is 5.44. The fourth-order valence-electron chi connectivity index (χ4n) is 2.89.